The number of hydrogen-bond acceptors (Lipinski definition) is 3. The molecule has 108 valence electrons. The highest BCUT2D eigenvalue weighted by molar-refractivity contribution is 7.99. The molecule has 1 heterocycles. The molecule has 0 bridgehead atoms. The van der Waals surface area contributed by atoms with Crippen LogP contribution in [0.2, 0.25) is 0 Å². The predicted octanol–water partition coefficient (Wildman–Crippen LogP) is 3.37. The van der Waals surface area contributed by atoms with Gasteiger partial charge < -0.3 is 5.32 Å². The van der Waals surface area contributed by atoms with Crippen molar-refractivity contribution >= 4 is 11.8 Å². The molecule has 1 N–H and O–H groups in total. The number of hydrogen-bond donors (Lipinski definition) is 1. The van der Waals surface area contributed by atoms with Gasteiger partial charge in [0.1, 0.15) is 0 Å². The fourth-order valence-electron chi connectivity index (χ4n) is 2.99. The van der Waals surface area contributed by atoms with Gasteiger partial charge >= 0.3 is 0 Å². The summed E-state index contributed by atoms with van der Waals surface area (Å²) in [6.45, 7) is 14.0. The maximum absolute atomic E-state index is 3.83. The van der Waals surface area contributed by atoms with Crippen molar-refractivity contribution in [1.29, 1.82) is 0 Å². The molecule has 1 saturated heterocycles. The van der Waals surface area contributed by atoms with E-state index < -0.39 is 0 Å². The van der Waals surface area contributed by atoms with E-state index in [1.54, 1.807) is 0 Å². The Bertz CT molecular complexity index is 229. The van der Waals surface area contributed by atoms with Crippen molar-refractivity contribution < 1.29 is 0 Å². The van der Waals surface area contributed by atoms with E-state index in [1.807, 2.05) is 0 Å². The van der Waals surface area contributed by atoms with Crippen LogP contribution in [0.15, 0.2) is 0 Å². The molecule has 0 aromatic heterocycles. The van der Waals surface area contributed by atoms with Crippen molar-refractivity contribution in [3.63, 3.8) is 0 Å². The molecule has 2 nitrogen and oxygen atoms in total. The fraction of sp³-hybridized carbons (Fsp3) is 1.00. The van der Waals surface area contributed by atoms with E-state index in [-0.39, 0.29) is 0 Å². The molecule has 0 aromatic rings. The first-order chi connectivity index (χ1) is 8.62. The van der Waals surface area contributed by atoms with Gasteiger partial charge in [-0.05, 0) is 31.9 Å². The lowest BCUT2D eigenvalue weighted by molar-refractivity contribution is 0.0478. The van der Waals surface area contributed by atoms with Gasteiger partial charge in [-0.15, -0.1) is 0 Å². The number of nitrogens with one attached hydrogen (secondary N) is 1. The van der Waals surface area contributed by atoms with Gasteiger partial charge in [0.2, 0.25) is 0 Å². The van der Waals surface area contributed by atoms with E-state index in [4.69, 9.17) is 0 Å². The molecule has 0 aliphatic carbocycles. The monoisotopic (exact) mass is 272 g/mol. The summed E-state index contributed by atoms with van der Waals surface area (Å²) >= 11 is 2.08. The summed E-state index contributed by atoms with van der Waals surface area (Å²) in [5.41, 5.74) is 0.358. The number of nitrogens with zero attached hydrogens (tertiary/aromatic N) is 1. The topological polar surface area (TPSA) is 15.3 Å². The highest BCUT2D eigenvalue weighted by atomic mass is 32.2. The van der Waals surface area contributed by atoms with Gasteiger partial charge in [-0.25, -0.2) is 0 Å². The summed E-state index contributed by atoms with van der Waals surface area (Å²) in [5, 5.41) is 3.83. The maximum Gasteiger partial charge on any atom is 0.0304 e. The Morgan fingerprint density at radius 1 is 1.28 bits per heavy atom. The zero-order chi connectivity index (χ0) is 13.6. The van der Waals surface area contributed by atoms with Crippen LogP contribution >= 0.6 is 11.8 Å². The van der Waals surface area contributed by atoms with Crippen LogP contribution in [0.25, 0.3) is 0 Å². The third kappa shape index (κ3) is 3.88. The SMILES string of the molecule is CCSCC(C)N1CC(CC)(CC)NCC1CC. The van der Waals surface area contributed by atoms with Crippen molar-refractivity contribution in [2.75, 3.05) is 24.6 Å². The Hall–Kier alpha value is 0.270. The lowest BCUT2D eigenvalue weighted by atomic mass is 9.87. The Morgan fingerprint density at radius 2 is 1.94 bits per heavy atom. The standard InChI is InChI=1S/C15H32N2S/c1-6-14-10-16-15(7-2,8-3)12-17(14)13(5)11-18-9-4/h13-14,16H,6-12H2,1-5H3. The summed E-state index contributed by atoms with van der Waals surface area (Å²) in [5.74, 6) is 2.51. The van der Waals surface area contributed by atoms with Crippen LogP contribution in [-0.4, -0.2) is 47.1 Å². The van der Waals surface area contributed by atoms with Crippen LogP contribution in [0, 0.1) is 0 Å². The molecule has 0 saturated carbocycles. The second kappa shape index (κ2) is 7.76. The minimum Gasteiger partial charge on any atom is -0.308 e. The van der Waals surface area contributed by atoms with E-state index in [2.05, 4.69) is 56.6 Å². The molecule has 2 unspecified atom stereocenters. The van der Waals surface area contributed by atoms with Crippen molar-refractivity contribution in [1.82, 2.24) is 10.2 Å². The molecule has 1 fully saturated rings. The first-order valence-corrected chi connectivity index (χ1v) is 8.86. The lowest BCUT2D eigenvalue weighted by Gasteiger charge is -2.49. The van der Waals surface area contributed by atoms with Crippen LogP contribution in [-0.2, 0) is 0 Å². The minimum atomic E-state index is 0.358. The summed E-state index contributed by atoms with van der Waals surface area (Å²) in [6.07, 6.45) is 3.74. The second-order valence-corrected chi connectivity index (χ2v) is 6.93. The fourth-order valence-corrected chi connectivity index (χ4v) is 3.76. The van der Waals surface area contributed by atoms with Crippen LogP contribution in [0.5, 0.6) is 0 Å². The molecule has 1 aliphatic heterocycles. The number of rotatable bonds is 7. The zero-order valence-corrected chi connectivity index (χ0v) is 13.8. The summed E-state index contributed by atoms with van der Waals surface area (Å²) in [4.78, 5) is 2.77. The Balaban J connectivity index is 2.69. The molecule has 1 rings (SSSR count). The first-order valence-electron chi connectivity index (χ1n) is 7.70. The molecule has 2 atom stereocenters. The Labute approximate surface area is 118 Å². The van der Waals surface area contributed by atoms with E-state index in [0.717, 1.165) is 6.04 Å². The molecule has 3 heteroatoms. The van der Waals surface area contributed by atoms with Gasteiger partial charge in [-0.2, -0.15) is 11.8 Å². The molecule has 0 amide bonds. The third-order valence-corrected chi connectivity index (χ3v) is 5.75. The maximum atomic E-state index is 3.83. The van der Waals surface area contributed by atoms with Crippen LogP contribution in [0.1, 0.15) is 53.9 Å². The largest absolute Gasteiger partial charge is 0.308 e. The molecule has 1 aliphatic rings. The van der Waals surface area contributed by atoms with Gasteiger partial charge in [0.15, 0.2) is 0 Å². The normalized spacial score (nSPS) is 26.2. The summed E-state index contributed by atoms with van der Waals surface area (Å²) in [6, 6.07) is 1.43. The number of thioether (sulfide) groups is 1. The Kier molecular flexibility index (Phi) is 7.04. The van der Waals surface area contributed by atoms with Gasteiger partial charge in [-0.1, -0.05) is 27.7 Å². The molecule has 18 heavy (non-hydrogen) atoms. The zero-order valence-electron chi connectivity index (χ0n) is 13.0. The molecular formula is C15H32N2S. The smallest absolute Gasteiger partial charge is 0.0304 e. The molecular weight excluding hydrogens is 240 g/mol. The average Bonchev–Trinajstić information content (AvgIpc) is 2.43. The van der Waals surface area contributed by atoms with Gasteiger partial charge in [0.25, 0.3) is 0 Å². The molecule has 0 spiro atoms. The van der Waals surface area contributed by atoms with Crippen molar-refractivity contribution in [3.05, 3.63) is 0 Å². The summed E-state index contributed by atoms with van der Waals surface area (Å²) < 4.78 is 0. The van der Waals surface area contributed by atoms with Gasteiger partial charge in [0, 0.05) is 36.5 Å². The predicted molar refractivity (Wildman–Crippen MR) is 84.6 cm³/mol. The van der Waals surface area contributed by atoms with Crippen molar-refractivity contribution in [2.24, 2.45) is 0 Å². The highest BCUT2D eigenvalue weighted by Crippen LogP contribution is 2.26. The Morgan fingerprint density at radius 3 is 2.44 bits per heavy atom. The minimum absolute atomic E-state index is 0.358. The molecule has 0 aromatic carbocycles. The summed E-state index contributed by atoms with van der Waals surface area (Å²) in [7, 11) is 0. The molecule has 0 radical (unpaired) electrons. The van der Waals surface area contributed by atoms with Crippen molar-refractivity contribution in [2.45, 2.75) is 71.5 Å². The van der Waals surface area contributed by atoms with E-state index in [1.165, 1.54) is 43.9 Å². The van der Waals surface area contributed by atoms with Crippen LogP contribution in [0.4, 0.5) is 0 Å². The van der Waals surface area contributed by atoms with E-state index in [9.17, 15) is 0 Å². The lowest BCUT2D eigenvalue weighted by Crippen LogP contribution is -2.65. The van der Waals surface area contributed by atoms with Crippen molar-refractivity contribution in [3.8, 4) is 0 Å². The van der Waals surface area contributed by atoms with Crippen LogP contribution < -0.4 is 5.32 Å². The van der Waals surface area contributed by atoms with Crippen LogP contribution in [0.3, 0.4) is 0 Å². The van der Waals surface area contributed by atoms with E-state index in [0.29, 0.717) is 11.6 Å². The highest BCUT2D eigenvalue weighted by Gasteiger charge is 2.37. The second-order valence-electron chi connectivity index (χ2n) is 5.61. The average molecular weight is 273 g/mol. The quantitative estimate of drug-likeness (QED) is 0.765. The third-order valence-electron chi connectivity index (χ3n) is 4.62. The van der Waals surface area contributed by atoms with Gasteiger partial charge in [-0.3, -0.25) is 4.90 Å². The first kappa shape index (κ1) is 16.3. The van der Waals surface area contributed by atoms with E-state index >= 15 is 0 Å². The van der Waals surface area contributed by atoms with Gasteiger partial charge in [0.05, 0.1) is 0 Å². The number of piperazine rings is 1.